The van der Waals surface area contributed by atoms with Gasteiger partial charge in [-0.25, -0.2) is 0 Å². The summed E-state index contributed by atoms with van der Waals surface area (Å²) in [5.41, 5.74) is 2.01. The summed E-state index contributed by atoms with van der Waals surface area (Å²) in [6.45, 7) is 0.160. The van der Waals surface area contributed by atoms with E-state index in [1.807, 2.05) is 0 Å². The molecule has 2 rings (SSSR count). The van der Waals surface area contributed by atoms with E-state index in [1.54, 1.807) is 12.5 Å². The maximum Gasteiger partial charge on any atom is 0.0919 e. The van der Waals surface area contributed by atoms with Gasteiger partial charge in [-0.1, -0.05) is 38.5 Å². The van der Waals surface area contributed by atoms with E-state index < -0.39 is 0 Å². The molecule has 2 aliphatic carbocycles. The quantitative estimate of drug-likeness (QED) is 0.730. The van der Waals surface area contributed by atoms with Crippen molar-refractivity contribution in [3.05, 3.63) is 23.7 Å². The Kier molecular flexibility index (Phi) is 7.31. The first-order chi connectivity index (χ1) is 10.3. The van der Waals surface area contributed by atoms with Gasteiger partial charge >= 0.3 is 0 Å². The SMILES string of the molecule is OCC(=COC=C(CO)C1CCCCC1)C1CCCCC1. The van der Waals surface area contributed by atoms with Crippen LogP contribution in [0.1, 0.15) is 64.2 Å². The molecule has 0 aromatic heterocycles. The molecule has 3 heteroatoms. The van der Waals surface area contributed by atoms with E-state index in [9.17, 15) is 10.2 Å². The Labute approximate surface area is 128 Å². The number of hydrogen-bond acceptors (Lipinski definition) is 3. The second-order valence-electron chi connectivity index (χ2n) is 6.51. The third kappa shape index (κ3) is 5.15. The van der Waals surface area contributed by atoms with Gasteiger partial charge in [0.2, 0.25) is 0 Å². The highest BCUT2D eigenvalue weighted by molar-refractivity contribution is 5.08. The normalized spacial score (nSPS) is 23.3. The second-order valence-corrected chi connectivity index (χ2v) is 6.51. The van der Waals surface area contributed by atoms with Gasteiger partial charge in [0.25, 0.3) is 0 Å². The summed E-state index contributed by atoms with van der Waals surface area (Å²) in [4.78, 5) is 0. The Bertz CT molecular complexity index is 313. The van der Waals surface area contributed by atoms with E-state index >= 15 is 0 Å². The van der Waals surface area contributed by atoms with Gasteiger partial charge in [-0.05, 0) is 48.7 Å². The van der Waals surface area contributed by atoms with Gasteiger partial charge in [-0.2, -0.15) is 0 Å². The molecule has 2 fully saturated rings. The third-order valence-electron chi connectivity index (χ3n) is 5.06. The number of hydrogen-bond donors (Lipinski definition) is 2. The Morgan fingerprint density at radius 3 is 1.43 bits per heavy atom. The second kappa shape index (κ2) is 9.26. The highest BCUT2D eigenvalue weighted by atomic mass is 16.5. The molecule has 0 aromatic carbocycles. The molecule has 0 amide bonds. The van der Waals surface area contributed by atoms with Crippen LogP contribution in [0.2, 0.25) is 0 Å². The van der Waals surface area contributed by atoms with Crippen LogP contribution in [-0.2, 0) is 4.74 Å². The lowest BCUT2D eigenvalue weighted by atomic mass is 9.84. The zero-order chi connectivity index (χ0) is 14.9. The minimum atomic E-state index is 0.0798. The van der Waals surface area contributed by atoms with Gasteiger partial charge in [0.1, 0.15) is 0 Å². The molecule has 0 radical (unpaired) electrons. The predicted octanol–water partition coefficient (Wildman–Crippen LogP) is 3.92. The van der Waals surface area contributed by atoms with Crippen molar-refractivity contribution < 1.29 is 14.9 Å². The first-order valence-corrected chi connectivity index (χ1v) is 8.60. The van der Waals surface area contributed by atoms with E-state index in [2.05, 4.69) is 0 Å². The van der Waals surface area contributed by atoms with Crippen LogP contribution in [0.3, 0.4) is 0 Å². The molecule has 0 aliphatic heterocycles. The molecular weight excluding hydrogens is 264 g/mol. The first-order valence-electron chi connectivity index (χ1n) is 8.60. The van der Waals surface area contributed by atoms with E-state index in [1.165, 1.54) is 38.5 Å². The van der Waals surface area contributed by atoms with Gasteiger partial charge in [-0.3, -0.25) is 0 Å². The molecule has 0 atom stereocenters. The molecule has 0 unspecified atom stereocenters. The third-order valence-corrected chi connectivity index (χ3v) is 5.06. The minimum Gasteiger partial charge on any atom is -0.473 e. The molecule has 21 heavy (non-hydrogen) atoms. The first kappa shape index (κ1) is 16.6. The average Bonchev–Trinajstić information content (AvgIpc) is 2.57. The summed E-state index contributed by atoms with van der Waals surface area (Å²) in [6, 6.07) is 0. The number of aliphatic hydroxyl groups excluding tert-OH is 2. The zero-order valence-electron chi connectivity index (χ0n) is 13.1. The molecule has 0 bridgehead atoms. The molecule has 3 nitrogen and oxygen atoms in total. The lowest BCUT2D eigenvalue weighted by Crippen LogP contribution is -2.13. The van der Waals surface area contributed by atoms with E-state index in [0.29, 0.717) is 11.8 Å². The zero-order valence-corrected chi connectivity index (χ0v) is 13.1. The lowest BCUT2D eigenvalue weighted by Gasteiger charge is -2.24. The molecule has 0 heterocycles. The highest BCUT2D eigenvalue weighted by Crippen LogP contribution is 2.31. The van der Waals surface area contributed by atoms with E-state index in [4.69, 9.17) is 4.74 Å². The van der Waals surface area contributed by atoms with Gasteiger partial charge in [-0.15, -0.1) is 0 Å². The fourth-order valence-electron chi connectivity index (χ4n) is 3.68. The Morgan fingerprint density at radius 2 is 1.10 bits per heavy atom. The Hall–Kier alpha value is -0.800. The van der Waals surface area contributed by atoms with Crippen molar-refractivity contribution in [1.82, 2.24) is 0 Å². The average molecular weight is 294 g/mol. The summed E-state index contributed by atoms with van der Waals surface area (Å²) >= 11 is 0. The van der Waals surface area contributed by atoms with Crippen LogP contribution >= 0.6 is 0 Å². The molecule has 2 aliphatic rings. The molecule has 0 aromatic rings. The summed E-state index contributed by atoms with van der Waals surface area (Å²) < 4.78 is 5.60. The Morgan fingerprint density at radius 1 is 0.714 bits per heavy atom. The smallest absolute Gasteiger partial charge is 0.0919 e. The topological polar surface area (TPSA) is 49.7 Å². The molecule has 2 N–H and O–H groups in total. The lowest BCUT2D eigenvalue weighted by molar-refractivity contribution is 0.266. The van der Waals surface area contributed by atoms with Crippen molar-refractivity contribution in [2.45, 2.75) is 64.2 Å². The van der Waals surface area contributed by atoms with Gasteiger partial charge in [0, 0.05) is 0 Å². The van der Waals surface area contributed by atoms with Crippen LogP contribution in [-0.4, -0.2) is 23.4 Å². The van der Waals surface area contributed by atoms with E-state index in [-0.39, 0.29) is 13.2 Å². The minimum absolute atomic E-state index is 0.0798. The summed E-state index contributed by atoms with van der Waals surface area (Å²) in [5.74, 6) is 0.953. The van der Waals surface area contributed by atoms with Crippen LogP contribution < -0.4 is 0 Å². The fraction of sp³-hybridized carbons (Fsp3) is 0.778. The van der Waals surface area contributed by atoms with Crippen molar-refractivity contribution in [3.8, 4) is 0 Å². The predicted molar refractivity (Wildman–Crippen MR) is 84.6 cm³/mol. The summed E-state index contributed by atoms with van der Waals surface area (Å²) in [6.07, 6.45) is 15.7. The van der Waals surface area contributed by atoms with Crippen molar-refractivity contribution >= 4 is 0 Å². The van der Waals surface area contributed by atoms with Crippen LogP contribution in [0, 0.1) is 11.8 Å². The van der Waals surface area contributed by atoms with Crippen LogP contribution in [0.5, 0.6) is 0 Å². The number of aliphatic hydroxyl groups is 2. The maximum absolute atomic E-state index is 9.53. The van der Waals surface area contributed by atoms with Crippen molar-refractivity contribution in [1.29, 1.82) is 0 Å². The van der Waals surface area contributed by atoms with E-state index in [0.717, 1.165) is 36.8 Å². The van der Waals surface area contributed by atoms with Crippen molar-refractivity contribution in [2.24, 2.45) is 11.8 Å². The molecular formula is C18H30O3. The van der Waals surface area contributed by atoms with Gasteiger partial charge < -0.3 is 14.9 Å². The Balaban J connectivity index is 1.90. The van der Waals surface area contributed by atoms with Crippen molar-refractivity contribution in [3.63, 3.8) is 0 Å². The molecule has 2 saturated carbocycles. The highest BCUT2D eigenvalue weighted by Gasteiger charge is 2.19. The largest absolute Gasteiger partial charge is 0.473 e. The standard InChI is InChI=1S/C18H30O3/c19-11-17(15-7-3-1-4-8-15)13-21-14-18(12-20)16-9-5-2-6-10-16/h13-16,19-20H,1-12H2. The monoisotopic (exact) mass is 294 g/mol. The molecule has 0 saturated heterocycles. The summed E-state index contributed by atoms with van der Waals surface area (Å²) in [7, 11) is 0. The molecule has 120 valence electrons. The van der Waals surface area contributed by atoms with Gasteiger partial charge in [0.05, 0.1) is 25.7 Å². The molecule has 0 spiro atoms. The number of rotatable bonds is 6. The van der Waals surface area contributed by atoms with Crippen LogP contribution in [0.4, 0.5) is 0 Å². The number of ether oxygens (including phenoxy) is 1. The van der Waals surface area contributed by atoms with Crippen LogP contribution in [0.25, 0.3) is 0 Å². The summed E-state index contributed by atoms with van der Waals surface area (Å²) in [5, 5.41) is 19.1. The maximum atomic E-state index is 9.53. The van der Waals surface area contributed by atoms with Crippen molar-refractivity contribution in [2.75, 3.05) is 13.2 Å². The fourth-order valence-corrected chi connectivity index (χ4v) is 3.68. The van der Waals surface area contributed by atoms with Gasteiger partial charge in [0.15, 0.2) is 0 Å². The van der Waals surface area contributed by atoms with Crippen LogP contribution in [0.15, 0.2) is 23.7 Å².